The molecule has 1 atom stereocenters. The minimum absolute atomic E-state index is 0.112. The maximum absolute atomic E-state index is 12.3. The van der Waals surface area contributed by atoms with Gasteiger partial charge in [-0.2, -0.15) is 5.10 Å². The van der Waals surface area contributed by atoms with Crippen molar-refractivity contribution < 1.29 is 9.53 Å². The van der Waals surface area contributed by atoms with Crippen molar-refractivity contribution in [2.75, 3.05) is 7.11 Å². The Kier molecular flexibility index (Phi) is 5.08. The van der Waals surface area contributed by atoms with E-state index in [0.29, 0.717) is 23.7 Å². The van der Waals surface area contributed by atoms with Crippen LogP contribution < -0.4 is 10.1 Å². The number of carbonyl (C=O) groups is 1. The van der Waals surface area contributed by atoms with Gasteiger partial charge < -0.3 is 10.1 Å². The number of carbonyl (C=O) groups excluding carboxylic acids is 1. The largest absolute Gasteiger partial charge is 0.480 e. The molecule has 0 bridgehead atoms. The lowest BCUT2D eigenvalue weighted by atomic mass is 10.1. The smallest absolute Gasteiger partial charge is 0.254 e. The zero-order valence-electron chi connectivity index (χ0n) is 13.3. The molecule has 118 valence electrons. The van der Waals surface area contributed by atoms with Crippen molar-refractivity contribution in [3.8, 4) is 11.7 Å². The molecule has 2 aromatic heterocycles. The number of amides is 1. The van der Waals surface area contributed by atoms with Crippen molar-refractivity contribution in [2.45, 2.75) is 39.7 Å². The molecule has 22 heavy (non-hydrogen) atoms. The van der Waals surface area contributed by atoms with Crippen LogP contribution in [0.15, 0.2) is 18.3 Å². The summed E-state index contributed by atoms with van der Waals surface area (Å²) >= 11 is 0. The van der Waals surface area contributed by atoms with Gasteiger partial charge in [-0.3, -0.25) is 4.79 Å². The maximum Gasteiger partial charge on any atom is 0.254 e. The van der Waals surface area contributed by atoms with Crippen LogP contribution in [-0.2, 0) is 6.42 Å². The Morgan fingerprint density at radius 1 is 1.36 bits per heavy atom. The van der Waals surface area contributed by atoms with E-state index in [1.165, 1.54) is 7.11 Å². The predicted molar refractivity (Wildman–Crippen MR) is 82.3 cm³/mol. The average molecular weight is 303 g/mol. The monoisotopic (exact) mass is 303 g/mol. The fourth-order valence-corrected chi connectivity index (χ4v) is 2.04. The first kappa shape index (κ1) is 15.9. The number of hydrogen-bond donors (Lipinski definition) is 1. The third-order valence-electron chi connectivity index (χ3n) is 3.49. The SMILES string of the molecule is CCc1c(C(=O)NC(C)CC)cnn1-c1ccc(OC)nn1. The molecule has 0 aromatic carbocycles. The average Bonchev–Trinajstić information content (AvgIpc) is 2.98. The molecule has 7 heteroatoms. The van der Waals surface area contributed by atoms with Crippen molar-refractivity contribution in [3.05, 3.63) is 29.6 Å². The Hall–Kier alpha value is -2.44. The summed E-state index contributed by atoms with van der Waals surface area (Å²) in [4.78, 5) is 12.3. The lowest BCUT2D eigenvalue weighted by Gasteiger charge is -2.11. The summed E-state index contributed by atoms with van der Waals surface area (Å²) in [5, 5.41) is 15.2. The van der Waals surface area contributed by atoms with Gasteiger partial charge in [-0.05, 0) is 25.8 Å². The summed E-state index contributed by atoms with van der Waals surface area (Å²) in [7, 11) is 1.53. The highest BCUT2D eigenvalue weighted by molar-refractivity contribution is 5.95. The van der Waals surface area contributed by atoms with Crippen LogP contribution in [0, 0.1) is 0 Å². The molecule has 7 nitrogen and oxygen atoms in total. The molecule has 1 amide bonds. The molecule has 0 radical (unpaired) electrons. The van der Waals surface area contributed by atoms with Crippen LogP contribution in [0.2, 0.25) is 0 Å². The van der Waals surface area contributed by atoms with Gasteiger partial charge in [-0.1, -0.05) is 13.8 Å². The highest BCUT2D eigenvalue weighted by Crippen LogP contribution is 2.15. The topological polar surface area (TPSA) is 81.9 Å². The van der Waals surface area contributed by atoms with Gasteiger partial charge in [0.15, 0.2) is 5.82 Å². The van der Waals surface area contributed by atoms with Crippen LogP contribution in [0.5, 0.6) is 5.88 Å². The standard InChI is InChI=1S/C15H21N5O2/c1-5-10(3)17-15(21)11-9-16-20(12(11)6-2)13-7-8-14(22-4)19-18-13/h7-10H,5-6H2,1-4H3,(H,17,21). The number of nitrogens with one attached hydrogen (secondary N) is 1. The highest BCUT2D eigenvalue weighted by atomic mass is 16.5. The van der Waals surface area contributed by atoms with Crippen LogP contribution in [0.25, 0.3) is 5.82 Å². The molecule has 1 N–H and O–H groups in total. The lowest BCUT2D eigenvalue weighted by molar-refractivity contribution is 0.0938. The number of nitrogens with zero attached hydrogens (tertiary/aromatic N) is 4. The van der Waals surface area contributed by atoms with E-state index < -0.39 is 0 Å². The van der Waals surface area contributed by atoms with Crippen molar-refractivity contribution in [1.29, 1.82) is 0 Å². The Balaban J connectivity index is 2.32. The highest BCUT2D eigenvalue weighted by Gasteiger charge is 2.18. The first-order chi connectivity index (χ1) is 10.6. The number of rotatable bonds is 6. The van der Waals surface area contributed by atoms with E-state index in [4.69, 9.17) is 4.74 Å². The molecule has 0 aliphatic rings. The van der Waals surface area contributed by atoms with E-state index in [1.54, 1.807) is 23.0 Å². The Labute approximate surface area is 129 Å². The van der Waals surface area contributed by atoms with Gasteiger partial charge in [0, 0.05) is 12.1 Å². The number of methoxy groups -OCH3 is 1. The normalized spacial score (nSPS) is 12.0. The van der Waals surface area contributed by atoms with Gasteiger partial charge in [-0.25, -0.2) is 4.68 Å². The van der Waals surface area contributed by atoms with Gasteiger partial charge in [0.2, 0.25) is 5.88 Å². The summed E-state index contributed by atoms with van der Waals surface area (Å²) in [5.74, 6) is 0.878. The summed E-state index contributed by atoms with van der Waals surface area (Å²) in [6.07, 6.45) is 3.12. The molecule has 2 aromatic rings. The molecule has 0 spiro atoms. The molecular weight excluding hydrogens is 282 g/mol. The van der Waals surface area contributed by atoms with Crippen molar-refractivity contribution in [2.24, 2.45) is 0 Å². The summed E-state index contributed by atoms with van der Waals surface area (Å²) in [6.45, 7) is 5.98. The van der Waals surface area contributed by atoms with Crippen LogP contribution in [0.1, 0.15) is 43.2 Å². The predicted octanol–water partition coefficient (Wildman–Crippen LogP) is 1.76. The van der Waals surface area contributed by atoms with Crippen molar-refractivity contribution in [1.82, 2.24) is 25.3 Å². The van der Waals surface area contributed by atoms with Gasteiger partial charge in [0.25, 0.3) is 5.91 Å². The van der Waals surface area contributed by atoms with Gasteiger partial charge in [0.05, 0.1) is 24.6 Å². The lowest BCUT2D eigenvalue weighted by Crippen LogP contribution is -2.32. The van der Waals surface area contributed by atoms with E-state index in [1.807, 2.05) is 20.8 Å². The molecule has 0 saturated carbocycles. The fourth-order valence-electron chi connectivity index (χ4n) is 2.04. The molecule has 0 aliphatic carbocycles. The van der Waals surface area contributed by atoms with Crippen LogP contribution in [-0.4, -0.2) is 39.0 Å². The molecule has 2 heterocycles. The molecule has 0 saturated heterocycles. The second kappa shape index (κ2) is 7.02. The molecule has 0 aliphatic heterocycles. The summed E-state index contributed by atoms with van der Waals surface area (Å²) < 4.78 is 6.63. The van der Waals surface area contributed by atoms with Gasteiger partial charge in [-0.15, -0.1) is 10.2 Å². The maximum atomic E-state index is 12.3. The summed E-state index contributed by atoms with van der Waals surface area (Å²) in [5.41, 5.74) is 1.38. The van der Waals surface area contributed by atoms with E-state index in [0.717, 1.165) is 12.1 Å². The zero-order chi connectivity index (χ0) is 16.1. The Bertz CT molecular complexity index is 636. The molecule has 2 rings (SSSR count). The van der Waals surface area contributed by atoms with Crippen LogP contribution >= 0.6 is 0 Å². The Morgan fingerprint density at radius 2 is 2.14 bits per heavy atom. The summed E-state index contributed by atoms with van der Waals surface area (Å²) in [6, 6.07) is 3.60. The third kappa shape index (κ3) is 3.24. The quantitative estimate of drug-likeness (QED) is 0.879. The number of aromatic nitrogens is 4. The minimum Gasteiger partial charge on any atom is -0.480 e. The van der Waals surface area contributed by atoms with Gasteiger partial charge in [0.1, 0.15) is 0 Å². The number of hydrogen-bond acceptors (Lipinski definition) is 5. The second-order valence-corrected chi connectivity index (χ2v) is 4.99. The van der Waals surface area contributed by atoms with Crippen LogP contribution in [0.3, 0.4) is 0 Å². The molecule has 1 unspecified atom stereocenters. The van der Waals surface area contributed by atoms with Gasteiger partial charge >= 0.3 is 0 Å². The van der Waals surface area contributed by atoms with E-state index >= 15 is 0 Å². The Morgan fingerprint density at radius 3 is 2.68 bits per heavy atom. The van der Waals surface area contributed by atoms with E-state index in [9.17, 15) is 4.79 Å². The second-order valence-electron chi connectivity index (χ2n) is 4.99. The number of ether oxygens (including phenoxy) is 1. The van der Waals surface area contributed by atoms with E-state index in [-0.39, 0.29) is 11.9 Å². The van der Waals surface area contributed by atoms with Crippen molar-refractivity contribution in [3.63, 3.8) is 0 Å². The first-order valence-corrected chi connectivity index (χ1v) is 7.36. The van der Waals surface area contributed by atoms with Crippen LogP contribution in [0.4, 0.5) is 0 Å². The molecular formula is C15H21N5O2. The molecule has 0 fully saturated rings. The fraction of sp³-hybridized carbons (Fsp3) is 0.467. The zero-order valence-corrected chi connectivity index (χ0v) is 13.3. The van der Waals surface area contributed by atoms with E-state index in [2.05, 4.69) is 20.6 Å². The first-order valence-electron chi connectivity index (χ1n) is 7.36. The van der Waals surface area contributed by atoms with Crippen molar-refractivity contribution >= 4 is 5.91 Å². The minimum atomic E-state index is -0.112. The third-order valence-corrected chi connectivity index (χ3v) is 3.49.